The van der Waals surface area contributed by atoms with Crippen LogP contribution in [0.2, 0.25) is 0 Å². The number of nitrogens with zero attached hydrogens (tertiary/aromatic N) is 1. The third kappa shape index (κ3) is 5.22. The zero-order valence-corrected chi connectivity index (χ0v) is 15.1. The van der Waals surface area contributed by atoms with Crippen LogP contribution in [-0.2, 0) is 9.47 Å². The van der Waals surface area contributed by atoms with E-state index in [2.05, 4.69) is 4.98 Å². The van der Waals surface area contributed by atoms with E-state index in [1.54, 1.807) is 33.1 Å². The van der Waals surface area contributed by atoms with Gasteiger partial charge in [-0.3, -0.25) is 0 Å². The maximum absolute atomic E-state index is 12.0. The minimum absolute atomic E-state index is 0.0674. The van der Waals surface area contributed by atoms with Crippen molar-refractivity contribution in [2.75, 3.05) is 20.3 Å². The molecule has 0 N–H and O–H groups in total. The lowest BCUT2D eigenvalue weighted by Crippen LogP contribution is -2.13. The molecule has 0 saturated carbocycles. The van der Waals surface area contributed by atoms with Gasteiger partial charge in [0.15, 0.2) is 0 Å². The summed E-state index contributed by atoms with van der Waals surface area (Å²) in [6.07, 6.45) is 0. The summed E-state index contributed by atoms with van der Waals surface area (Å²) in [5, 5.41) is 0. The molecule has 7 heteroatoms. The molecule has 25 heavy (non-hydrogen) atoms. The third-order valence-electron chi connectivity index (χ3n) is 3.04. The SMILES string of the molecule is CCOC(=O)c1cc(Sc2cccc(OC)c2)cc(C(=O)OCC)n1. The average Bonchev–Trinajstić information content (AvgIpc) is 2.62. The Balaban J connectivity index is 2.37. The Morgan fingerprint density at radius 2 is 1.56 bits per heavy atom. The van der Waals surface area contributed by atoms with Gasteiger partial charge in [0.05, 0.1) is 20.3 Å². The lowest BCUT2D eigenvalue weighted by molar-refractivity contribution is 0.0510. The number of esters is 2. The van der Waals surface area contributed by atoms with Crippen molar-refractivity contribution in [2.24, 2.45) is 0 Å². The molecule has 6 nitrogen and oxygen atoms in total. The van der Waals surface area contributed by atoms with Crippen molar-refractivity contribution in [3.8, 4) is 5.75 Å². The van der Waals surface area contributed by atoms with Crippen molar-refractivity contribution >= 4 is 23.7 Å². The summed E-state index contributed by atoms with van der Waals surface area (Å²) in [4.78, 5) is 29.7. The van der Waals surface area contributed by atoms with Crippen LogP contribution >= 0.6 is 11.8 Å². The fraction of sp³-hybridized carbons (Fsp3) is 0.278. The molecular weight excluding hydrogens is 342 g/mol. The highest BCUT2D eigenvalue weighted by Crippen LogP contribution is 2.31. The van der Waals surface area contributed by atoms with Gasteiger partial charge in [-0.25, -0.2) is 14.6 Å². The minimum atomic E-state index is -0.582. The Morgan fingerprint density at radius 3 is 2.08 bits per heavy atom. The van der Waals surface area contributed by atoms with E-state index < -0.39 is 11.9 Å². The summed E-state index contributed by atoms with van der Waals surface area (Å²) in [5.41, 5.74) is 0.135. The first-order valence-electron chi connectivity index (χ1n) is 7.75. The van der Waals surface area contributed by atoms with Crippen LogP contribution in [0.5, 0.6) is 5.75 Å². The number of aromatic nitrogens is 1. The number of rotatable bonds is 7. The third-order valence-corrected chi connectivity index (χ3v) is 4.01. The first-order chi connectivity index (χ1) is 12.1. The molecule has 0 amide bonds. The van der Waals surface area contributed by atoms with Crippen molar-refractivity contribution in [3.63, 3.8) is 0 Å². The average molecular weight is 361 g/mol. The summed E-state index contributed by atoms with van der Waals surface area (Å²) in [5.74, 6) is -0.447. The van der Waals surface area contributed by atoms with Gasteiger partial charge in [-0.2, -0.15) is 0 Å². The molecule has 1 heterocycles. The number of carbonyl (C=O) groups excluding carboxylic acids is 2. The molecule has 0 aliphatic rings. The highest BCUT2D eigenvalue weighted by Gasteiger charge is 2.17. The summed E-state index contributed by atoms with van der Waals surface area (Å²) in [6, 6.07) is 10.6. The van der Waals surface area contributed by atoms with Crippen LogP contribution in [0.3, 0.4) is 0 Å². The van der Waals surface area contributed by atoms with Gasteiger partial charge in [-0.1, -0.05) is 17.8 Å². The molecule has 1 aromatic carbocycles. The van der Waals surface area contributed by atoms with Crippen LogP contribution in [0.25, 0.3) is 0 Å². The van der Waals surface area contributed by atoms with E-state index in [1.165, 1.54) is 11.8 Å². The van der Waals surface area contributed by atoms with E-state index in [-0.39, 0.29) is 24.6 Å². The molecule has 2 rings (SSSR count). The quantitative estimate of drug-likeness (QED) is 0.698. The second-order valence-corrected chi connectivity index (χ2v) is 5.94. The van der Waals surface area contributed by atoms with Gasteiger partial charge < -0.3 is 14.2 Å². The van der Waals surface area contributed by atoms with Crippen LogP contribution < -0.4 is 4.74 Å². The second kappa shape index (κ2) is 9.08. The van der Waals surface area contributed by atoms with Crippen LogP contribution in [0.1, 0.15) is 34.8 Å². The van der Waals surface area contributed by atoms with E-state index in [4.69, 9.17) is 14.2 Å². The van der Waals surface area contributed by atoms with E-state index in [9.17, 15) is 9.59 Å². The Labute approximate surface area is 150 Å². The molecule has 0 fully saturated rings. The number of benzene rings is 1. The lowest BCUT2D eigenvalue weighted by atomic mass is 10.3. The van der Waals surface area contributed by atoms with E-state index in [0.717, 1.165) is 10.6 Å². The molecule has 0 spiro atoms. The standard InChI is InChI=1S/C18H19NO5S/c1-4-23-17(20)15-10-14(11-16(19-15)18(21)24-5-2)25-13-8-6-7-12(9-13)22-3/h6-11H,4-5H2,1-3H3. The maximum Gasteiger partial charge on any atom is 0.356 e. The van der Waals surface area contributed by atoms with Crippen molar-refractivity contribution in [2.45, 2.75) is 23.6 Å². The zero-order chi connectivity index (χ0) is 18.2. The number of pyridine rings is 1. The molecule has 0 aliphatic carbocycles. The first kappa shape index (κ1) is 18.8. The molecule has 0 unspecified atom stereocenters. The van der Waals surface area contributed by atoms with Gasteiger partial charge in [0.1, 0.15) is 17.1 Å². The fourth-order valence-electron chi connectivity index (χ4n) is 1.98. The molecule has 1 aromatic heterocycles. The Morgan fingerprint density at radius 1 is 0.960 bits per heavy atom. The van der Waals surface area contributed by atoms with Crippen LogP contribution in [0.4, 0.5) is 0 Å². The molecule has 132 valence electrons. The lowest BCUT2D eigenvalue weighted by Gasteiger charge is -2.09. The zero-order valence-electron chi connectivity index (χ0n) is 14.3. The van der Waals surface area contributed by atoms with Gasteiger partial charge in [0.2, 0.25) is 0 Å². The second-order valence-electron chi connectivity index (χ2n) is 4.80. The van der Waals surface area contributed by atoms with E-state index in [1.807, 2.05) is 24.3 Å². The highest BCUT2D eigenvalue weighted by molar-refractivity contribution is 7.99. The molecular formula is C18H19NO5S. The molecule has 0 saturated heterocycles. The summed E-state index contributed by atoms with van der Waals surface area (Å²) in [7, 11) is 1.59. The summed E-state index contributed by atoms with van der Waals surface area (Å²) >= 11 is 1.38. The van der Waals surface area contributed by atoms with Gasteiger partial charge >= 0.3 is 11.9 Å². The smallest absolute Gasteiger partial charge is 0.356 e. The number of carbonyl (C=O) groups is 2. The van der Waals surface area contributed by atoms with Gasteiger partial charge in [-0.05, 0) is 44.2 Å². The summed E-state index contributed by atoms with van der Waals surface area (Å²) in [6.45, 7) is 3.86. The molecule has 0 aliphatic heterocycles. The number of methoxy groups -OCH3 is 1. The number of hydrogen-bond donors (Lipinski definition) is 0. The largest absolute Gasteiger partial charge is 0.497 e. The fourth-order valence-corrected chi connectivity index (χ4v) is 2.92. The maximum atomic E-state index is 12.0. The van der Waals surface area contributed by atoms with Gasteiger partial charge in [0, 0.05) is 9.79 Å². The predicted octanol–water partition coefficient (Wildman–Crippen LogP) is 3.59. The summed E-state index contributed by atoms with van der Waals surface area (Å²) < 4.78 is 15.2. The van der Waals surface area contributed by atoms with Crippen molar-refractivity contribution in [1.82, 2.24) is 4.98 Å². The molecule has 2 aromatic rings. The minimum Gasteiger partial charge on any atom is -0.497 e. The molecule has 0 radical (unpaired) electrons. The Bertz CT molecular complexity index is 727. The van der Waals surface area contributed by atoms with Crippen molar-refractivity contribution < 1.29 is 23.8 Å². The van der Waals surface area contributed by atoms with Gasteiger partial charge in [0.25, 0.3) is 0 Å². The first-order valence-corrected chi connectivity index (χ1v) is 8.57. The van der Waals surface area contributed by atoms with E-state index in [0.29, 0.717) is 4.90 Å². The Hall–Kier alpha value is -2.54. The molecule has 0 atom stereocenters. The van der Waals surface area contributed by atoms with E-state index >= 15 is 0 Å². The normalized spacial score (nSPS) is 10.2. The highest BCUT2D eigenvalue weighted by atomic mass is 32.2. The topological polar surface area (TPSA) is 74.7 Å². The van der Waals surface area contributed by atoms with Crippen LogP contribution in [-0.4, -0.2) is 37.2 Å². The van der Waals surface area contributed by atoms with Crippen LogP contribution in [0, 0.1) is 0 Å². The van der Waals surface area contributed by atoms with Crippen molar-refractivity contribution in [3.05, 3.63) is 47.8 Å². The van der Waals surface area contributed by atoms with Crippen molar-refractivity contribution in [1.29, 1.82) is 0 Å². The van der Waals surface area contributed by atoms with Crippen LogP contribution in [0.15, 0.2) is 46.2 Å². The Kier molecular flexibility index (Phi) is 6.82. The number of ether oxygens (including phenoxy) is 3. The monoisotopic (exact) mass is 361 g/mol. The number of hydrogen-bond acceptors (Lipinski definition) is 7. The predicted molar refractivity (Wildman–Crippen MR) is 93.3 cm³/mol. The van der Waals surface area contributed by atoms with Gasteiger partial charge in [-0.15, -0.1) is 0 Å². The molecule has 0 bridgehead atoms.